The number of halogens is 7. The molecule has 2 atom stereocenters. The monoisotopic (exact) mass is 1810 g/mol. The third kappa shape index (κ3) is 21.0. The van der Waals surface area contributed by atoms with Crippen LogP contribution >= 0.6 is 24.6 Å². The molecule has 0 saturated carbocycles. The number of thiocarbonyl (C=S) groups is 1. The van der Waals surface area contributed by atoms with Crippen LogP contribution < -0.4 is 35.2 Å². The van der Waals surface area contributed by atoms with Gasteiger partial charge in [-0.1, -0.05) is 13.8 Å². The van der Waals surface area contributed by atoms with E-state index in [1.165, 1.54) is 36.4 Å². The van der Waals surface area contributed by atoms with Crippen molar-refractivity contribution in [1.82, 2.24) is 63.0 Å². The minimum atomic E-state index is -0.476. The summed E-state index contributed by atoms with van der Waals surface area (Å²) in [6.07, 6.45) is 11.3. The lowest BCUT2D eigenvalue weighted by molar-refractivity contribution is 0.00145. The van der Waals surface area contributed by atoms with Crippen LogP contribution in [0.25, 0.3) is 49.3 Å². The van der Waals surface area contributed by atoms with E-state index in [-0.39, 0.29) is 71.6 Å². The van der Waals surface area contributed by atoms with Gasteiger partial charge in [0.1, 0.15) is 52.7 Å². The highest BCUT2D eigenvalue weighted by atomic mass is 35.5. The van der Waals surface area contributed by atoms with Gasteiger partial charge in [-0.25, -0.2) is 45.9 Å². The van der Waals surface area contributed by atoms with Gasteiger partial charge in [0, 0.05) is 189 Å². The number of likely N-dealkylation sites (tertiary alicyclic amines) is 3. The summed E-state index contributed by atoms with van der Waals surface area (Å²) in [4.78, 5) is 42.5. The molecule has 0 bridgehead atoms. The average molecular weight is 1810 g/mol. The van der Waals surface area contributed by atoms with Gasteiger partial charge >= 0.3 is 12.2 Å². The number of rotatable bonds is 13. The molecule has 2 unspecified atom stereocenters. The first-order valence-corrected chi connectivity index (χ1v) is 43.7. The number of anilines is 4. The van der Waals surface area contributed by atoms with Crippen LogP contribution in [0, 0.1) is 62.6 Å². The number of ether oxygens (including phenoxy) is 5. The highest BCUT2D eigenvalue weighted by Crippen LogP contribution is 2.42. The number of aromatic nitrogens is 9. The van der Waals surface area contributed by atoms with Crippen LogP contribution in [-0.4, -0.2) is 192 Å². The summed E-state index contributed by atoms with van der Waals surface area (Å²) < 4.78 is 117. The summed E-state index contributed by atoms with van der Waals surface area (Å²) in [6, 6.07) is 38.7. The number of carbonyl (C=O) groups excluding carboxylic acids is 2. The number of fused-ring (bicyclic) bond motifs is 6. The van der Waals surface area contributed by atoms with E-state index in [0.717, 1.165) is 164 Å². The van der Waals surface area contributed by atoms with Crippen molar-refractivity contribution in [2.45, 2.75) is 150 Å². The Hall–Kier alpha value is -12.1. The van der Waals surface area contributed by atoms with Gasteiger partial charge in [-0.15, -0.1) is 22.6 Å². The lowest BCUT2D eigenvalue weighted by atomic mass is 10.0. The molecule has 32 heteroatoms. The molecule has 5 saturated heterocycles. The molecular weight excluding hydrogens is 1700 g/mol. The van der Waals surface area contributed by atoms with Crippen LogP contribution in [0.2, 0.25) is 0 Å². The molecule has 5 fully saturated rings. The van der Waals surface area contributed by atoms with Crippen molar-refractivity contribution in [1.29, 1.82) is 0 Å². The smallest absolute Gasteiger partial charge is 0.410 e. The van der Waals surface area contributed by atoms with E-state index >= 15 is 0 Å². The first kappa shape index (κ1) is 93.1. The van der Waals surface area contributed by atoms with E-state index in [0.29, 0.717) is 86.2 Å². The number of hydrogen-bond donors (Lipinski definition) is 3. The fraction of sp³-hybridized carbons (Fsp3) is 0.392. The van der Waals surface area contributed by atoms with Crippen LogP contribution in [-0.2, 0) is 20.8 Å². The maximum absolute atomic E-state index is 13.7. The van der Waals surface area contributed by atoms with Crippen LogP contribution in [0.5, 0.6) is 11.8 Å². The molecule has 7 aromatic heterocycles. The number of methoxy groups -OCH3 is 2. The van der Waals surface area contributed by atoms with Crippen molar-refractivity contribution in [3.63, 3.8) is 0 Å². The zero-order valence-electron chi connectivity index (χ0n) is 75.3. The SMILES string of the molecule is CC1CN(C2CN(C(=O)OC(C)(C)C)C2)c2ccc(F)cc21.CC1CNc2ccc(F)cc21.CCOCc1nnc(N2CC(n3cc(C)c4cc(F)ccc43)C2)n1-c1ccc(OC)nc1.COc1ccc(NC(=S)N2CC(n3cc(C)c4cc(F)ccc43)C2)cn1.Cc1cn(C2CN(C(=O)OC(C)(C)C)C2)c2ccc(F)cc12.Cc1cn(C2CNC2)c2ccc(F)cc12.Cl. The van der Waals surface area contributed by atoms with Gasteiger partial charge in [0.05, 0.1) is 68.2 Å². The molecule has 14 heterocycles. The summed E-state index contributed by atoms with van der Waals surface area (Å²) in [6.45, 7) is 35.9. The Morgan fingerprint density at radius 3 is 1.35 bits per heavy atom. The second-order valence-electron chi connectivity index (χ2n) is 35.8. The zero-order valence-corrected chi connectivity index (χ0v) is 76.9. The summed E-state index contributed by atoms with van der Waals surface area (Å²) in [7, 11) is 3.18. The van der Waals surface area contributed by atoms with Crippen LogP contribution in [0.3, 0.4) is 0 Å². The third-order valence-corrected chi connectivity index (χ3v) is 24.4. The fourth-order valence-corrected chi connectivity index (χ4v) is 17.3. The lowest BCUT2D eigenvalue weighted by Gasteiger charge is -2.45. The van der Waals surface area contributed by atoms with Gasteiger partial charge in [-0.3, -0.25) is 4.57 Å². The van der Waals surface area contributed by atoms with E-state index in [4.69, 9.17) is 35.9 Å². The van der Waals surface area contributed by atoms with Crippen molar-refractivity contribution in [2.24, 2.45) is 0 Å². The van der Waals surface area contributed by atoms with Gasteiger partial charge < -0.3 is 82.4 Å². The molecule has 20 rings (SSSR count). The van der Waals surface area contributed by atoms with Gasteiger partial charge in [0.15, 0.2) is 10.9 Å². The molecule has 0 spiro atoms. The molecule has 2 amide bonds. The molecule has 7 aliphatic heterocycles. The Morgan fingerprint density at radius 2 is 0.915 bits per heavy atom. The standard InChI is InChI=1S/C23H25FN6O2.C19H19FN4OS.C17H23FN2O2.C17H21FN2O2.C12H13FN2.C9H10FN.ClH/c1-4-32-14-21-26-27-23(30(21)17-6-8-22(31-3)25-10-17)28-12-18(13-28)29-11-15(2)19-9-16(24)5-7-20(19)29;1-12-9-24(17-5-3-13(20)7-16(12)17)15-10-23(11-15)19(26)22-14-4-6-18(25-2)21-8-14;2*1-11-8-20(15-6-5-12(18)7-14(11)15)13-9-19(10-13)16(21)22-17(2,3)4;1-8-7-15(10-5-14-6-10)12-3-2-9(13)4-11(8)12;1-6-5-11-9-3-2-7(10)4-8(6)9;/h5-11,18H,4,12-14H2,1-3H3;3-9,15H,10-11H2,1-2H3,(H,22,26);5-7,11,13H,8-10H2,1-4H3;5-8,13H,9-10H2,1-4H3;2-4,7,10,14H,5-6H2,1H3;2-4,6,11H,5H2,1H3;1H. The maximum Gasteiger partial charge on any atom is 0.410 e. The largest absolute Gasteiger partial charge is 0.481 e. The Balaban J connectivity index is 0.000000128. The van der Waals surface area contributed by atoms with E-state index < -0.39 is 11.2 Å². The molecule has 3 N–H and O–H groups in total. The Labute approximate surface area is 758 Å². The van der Waals surface area contributed by atoms with Gasteiger partial charge in [-0.2, -0.15) is 0 Å². The fourth-order valence-electron chi connectivity index (χ4n) is 17.1. The molecule has 13 aromatic rings. The molecular formula is C97H112ClF6N17O7S. The van der Waals surface area contributed by atoms with Gasteiger partial charge in [0.2, 0.25) is 17.7 Å². The highest BCUT2D eigenvalue weighted by Gasteiger charge is 2.42. The number of carbonyl (C=O) groups is 2. The van der Waals surface area contributed by atoms with Crippen molar-refractivity contribution >= 4 is 109 Å². The topological polar surface area (TPSA) is 209 Å². The first-order valence-electron chi connectivity index (χ1n) is 43.3. The predicted octanol–water partition coefficient (Wildman–Crippen LogP) is 19.7. The maximum atomic E-state index is 13.7. The second kappa shape index (κ2) is 39.1. The zero-order chi connectivity index (χ0) is 90.9. The normalized spacial score (nSPS) is 16.6. The lowest BCUT2D eigenvalue weighted by Crippen LogP contribution is -2.61. The molecule has 129 heavy (non-hydrogen) atoms. The summed E-state index contributed by atoms with van der Waals surface area (Å²) in [5, 5.41) is 23.0. The summed E-state index contributed by atoms with van der Waals surface area (Å²) >= 11 is 5.49. The Kier molecular flexibility index (Phi) is 28.2. The highest BCUT2D eigenvalue weighted by molar-refractivity contribution is 7.80. The van der Waals surface area contributed by atoms with Crippen molar-refractivity contribution in [2.75, 3.05) is 120 Å². The number of benzene rings is 6. The van der Waals surface area contributed by atoms with Crippen LogP contribution in [0.15, 0.2) is 171 Å². The summed E-state index contributed by atoms with van der Waals surface area (Å²) in [5.74, 6) is 2.23. The second-order valence-corrected chi connectivity index (χ2v) is 36.2. The minimum Gasteiger partial charge on any atom is -0.481 e. The van der Waals surface area contributed by atoms with Gasteiger partial charge in [0.25, 0.3) is 0 Å². The molecule has 24 nitrogen and oxygen atoms in total. The molecule has 6 aromatic carbocycles. The Bertz CT molecular complexity index is 6180. The quantitative estimate of drug-likeness (QED) is 0.0724. The van der Waals surface area contributed by atoms with Gasteiger partial charge in [-0.05, 0) is 243 Å². The van der Waals surface area contributed by atoms with Crippen molar-refractivity contribution in [3.8, 4) is 17.4 Å². The van der Waals surface area contributed by atoms with E-state index in [9.17, 15) is 35.9 Å². The number of nitrogens with one attached hydrogen (secondary N) is 3. The number of amides is 2. The number of nitrogens with zero attached hydrogens (tertiary/aromatic N) is 14. The molecule has 7 aliphatic rings. The van der Waals surface area contributed by atoms with Crippen molar-refractivity contribution in [3.05, 3.63) is 245 Å². The number of hydrogen-bond acceptors (Lipinski definition) is 16. The third-order valence-electron chi connectivity index (χ3n) is 24.1. The molecule has 0 aliphatic carbocycles. The van der Waals surface area contributed by atoms with Crippen LogP contribution in [0.1, 0.15) is 138 Å². The Morgan fingerprint density at radius 1 is 0.488 bits per heavy atom. The van der Waals surface area contributed by atoms with E-state index in [1.54, 1.807) is 91.0 Å². The minimum absolute atomic E-state index is 0. The summed E-state index contributed by atoms with van der Waals surface area (Å²) in [5.41, 5.74) is 13.7. The molecule has 0 radical (unpaired) electrons. The van der Waals surface area contributed by atoms with Crippen molar-refractivity contribution < 1.29 is 59.6 Å². The first-order chi connectivity index (χ1) is 61.1. The predicted molar refractivity (Wildman–Crippen MR) is 499 cm³/mol. The average Bonchev–Trinajstić information content (AvgIpc) is 1.62. The molecule has 682 valence electrons. The van der Waals surface area contributed by atoms with Crippen LogP contribution in [0.4, 0.5) is 58.9 Å². The number of aryl methyl sites for hydroxylation is 4. The van der Waals surface area contributed by atoms with E-state index in [2.05, 4.69) is 102 Å². The van der Waals surface area contributed by atoms with E-state index in [1.807, 2.05) is 129 Å². The number of pyridine rings is 2.